The highest BCUT2D eigenvalue weighted by atomic mass is 17.1. The number of aliphatic hydroxyl groups is 7. The van der Waals surface area contributed by atoms with Gasteiger partial charge < -0.3 is 50.0 Å². The highest BCUT2D eigenvalue weighted by Crippen LogP contribution is 2.36. The number of ether oxygens (including phenoxy) is 3. The second-order valence-electron chi connectivity index (χ2n) is 5.64. The third kappa shape index (κ3) is 3.29. The van der Waals surface area contributed by atoms with Crippen LogP contribution in [0.4, 0.5) is 0 Å². The maximum absolute atomic E-state index is 10.2. The molecule has 0 unspecified atom stereocenters. The molecular weight excluding hydrogens is 336 g/mol. The van der Waals surface area contributed by atoms with Crippen LogP contribution in [0.3, 0.4) is 0 Å². The van der Waals surface area contributed by atoms with Gasteiger partial charge in [-0.1, -0.05) is 0 Å². The highest BCUT2D eigenvalue weighted by Gasteiger charge is 2.59. The minimum atomic E-state index is -2.26. The van der Waals surface area contributed by atoms with Crippen molar-refractivity contribution in [2.45, 2.75) is 54.8 Å². The van der Waals surface area contributed by atoms with E-state index in [9.17, 15) is 30.6 Å². The second kappa shape index (κ2) is 7.82. The van der Waals surface area contributed by atoms with Crippen LogP contribution in [0.1, 0.15) is 0 Å². The molecule has 0 spiro atoms. The Hall–Kier alpha value is -0.480. The van der Waals surface area contributed by atoms with Gasteiger partial charge in [-0.2, -0.15) is 0 Å². The molecule has 0 amide bonds. The first-order valence-corrected chi connectivity index (χ1v) is 7.21. The lowest BCUT2D eigenvalue weighted by atomic mass is 9.99. The lowest BCUT2D eigenvalue weighted by molar-refractivity contribution is -0.384. The normalized spacial score (nSPS) is 49.5. The van der Waals surface area contributed by atoms with E-state index >= 15 is 0 Å². The van der Waals surface area contributed by atoms with Gasteiger partial charge in [-0.25, -0.2) is 4.89 Å². The van der Waals surface area contributed by atoms with Crippen molar-refractivity contribution in [3.63, 3.8) is 0 Å². The van der Waals surface area contributed by atoms with Crippen molar-refractivity contribution in [3.05, 3.63) is 0 Å². The van der Waals surface area contributed by atoms with Crippen molar-refractivity contribution in [2.75, 3.05) is 19.8 Å². The molecule has 0 aromatic carbocycles. The average Bonchev–Trinajstić information content (AvgIpc) is 2.87. The van der Waals surface area contributed by atoms with Gasteiger partial charge in [0.2, 0.25) is 5.79 Å². The summed E-state index contributed by atoms with van der Waals surface area (Å²) in [5.74, 6) is -2.26. The summed E-state index contributed by atoms with van der Waals surface area (Å²) in [7, 11) is 0. The Labute approximate surface area is 135 Å². The lowest BCUT2D eigenvalue weighted by Gasteiger charge is -2.43. The first-order chi connectivity index (χ1) is 11.3. The molecule has 0 bridgehead atoms. The fourth-order valence-electron chi connectivity index (χ4n) is 2.74. The van der Waals surface area contributed by atoms with Crippen LogP contribution in [-0.2, 0) is 19.1 Å². The topological polar surface area (TPSA) is 199 Å². The van der Waals surface area contributed by atoms with Crippen LogP contribution in [0.25, 0.3) is 0 Å². The van der Waals surface area contributed by atoms with Gasteiger partial charge in [-0.15, -0.1) is 0 Å². The molecule has 0 aromatic rings. The molecule has 2 aliphatic rings. The molecule has 0 saturated carbocycles. The van der Waals surface area contributed by atoms with Gasteiger partial charge in [-0.05, 0) is 0 Å². The number of aliphatic hydroxyl groups excluding tert-OH is 7. The molecule has 0 radical (unpaired) electrons. The number of rotatable bonds is 6. The minimum absolute atomic E-state index is 0.692. The molecule has 2 aliphatic heterocycles. The third-order valence-corrected chi connectivity index (χ3v) is 4.17. The van der Waals surface area contributed by atoms with E-state index in [0.29, 0.717) is 0 Å². The lowest BCUT2D eigenvalue weighted by Crippen LogP contribution is -2.62. The van der Waals surface area contributed by atoms with Crippen LogP contribution in [0.5, 0.6) is 0 Å². The van der Waals surface area contributed by atoms with E-state index in [2.05, 4.69) is 4.89 Å². The van der Waals surface area contributed by atoms with Crippen LogP contribution in [0, 0.1) is 0 Å². The van der Waals surface area contributed by atoms with E-state index in [1.165, 1.54) is 0 Å². The quantitative estimate of drug-likeness (QED) is 0.166. The van der Waals surface area contributed by atoms with Crippen molar-refractivity contribution in [2.24, 2.45) is 0 Å². The summed E-state index contributed by atoms with van der Waals surface area (Å²) in [6.45, 7) is -2.39. The molecule has 0 aliphatic carbocycles. The fourth-order valence-corrected chi connectivity index (χ4v) is 2.74. The van der Waals surface area contributed by atoms with E-state index < -0.39 is 74.6 Å². The van der Waals surface area contributed by atoms with Crippen molar-refractivity contribution in [1.82, 2.24) is 0 Å². The van der Waals surface area contributed by atoms with Gasteiger partial charge >= 0.3 is 0 Å². The Morgan fingerprint density at radius 2 is 1.50 bits per heavy atom. The van der Waals surface area contributed by atoms with Gasteiger partial charge in [0.25, 0.3) is 0 Å². The molecular formula is C12H22O12. The van der Waals surface area contributed by atoms with Gasteiger partial charge in [0.1, 0.15) is 43.2 Å². The molecule has 2 heterocycles. The second-order valence-corrected chi connectivity index (χ2v) is 5.64. The average molecular weight is 358 g/mol. The summed E-state index contributed by atoms with van der Waals surface area (Å²) in [4.78, 5) is 4.02. The Balaban J connectivity index is 2.20. The van der Waals surface area contributed by atoms with Gasteiger partial charge in [0, 0.05) is 0 Å². The molecule has 0 aromatic heterocycles. The fraction of sp³-hybridized carbons (Fsp3) is 1.00. The SMILES string of the molecule is OC[C@H]1O[C@H](O[C@]2(CO)O[C@H](CO)[C@@H](OO)[C@@H]2O)[C@H](O)[C@@H](O)[C@@H]1O. The summed E-state index contributed by atoms with van der Waals surface area (Å²) in [5, 5.41) is 76.2. The van der Waals surface area contributed by atoms with Crippen molar-refractivity contribution >= 4 is 0 Å². The van der Waals surface area contributed by atoms with E-state index in [0.717, 1.165) is 0 Å². The zero-order valence-corrected chi connectivity index (χ0v) is 12.5. The van der Waals surface area contributed by atoms with Crippen LogP contribution in [0.15, 0.2) is 0 Å². The molecule has 8 N–H and O–H groups in total. The van der Waals surface area contributed by atoms with Crippen LogP contribution >= 0.6 is 0 Å². The molecule has 142 valence electrons. The van der Waals surface area contributed by atoms with Crippen molar-refractivity contribution in [3.8, 4) is 0 Å². The maximum Gasteiger partial charge on any atom is 0.224 e. The predicted octanol–water partition coefficient (Wildman–Crippen LogP) is -4.90. The highest BCUT2D eigenvalue weighted by molar-refractivity contribution is 4.98. The van der Waals surface area contributed by atoms with Crippen molar-refractivity contribution in [1.29, 1.82) is 0 Å². The Morgan fingerprint density at radius 3 is 1.96 bits per heavy atom. The zero-order chi connectivity index (χ0) is 18.1. The van der Waals surface area contributed by atoms with Crippen LogP contribution in [-0.4, -0.2) is 116 Å². The van der Waals surface area contributed by atoms with Gasteiger partial charge in [-0.3, -0.25) is 5.26 Å². The molecule has 2 saturated heterocycles. The number of hydrogen-bond donors (Lipinski definition) is 8. The molecule has 9 atom stereocenters. The minimum Gasteiger partial charge on any atom is -0.394 e. The molecule has 24 heavy (non-hydrogen) atoms. The first kappa shape index (κ1) is 19.8. The number of hydrogen-bond acceptors (Lipinski definition) is 12. The molecule has 12 heteroatoms. The summed E-state index contributed by atoms with van der Waals surface area (Å²) in [6, 6.07) is 0. The summed E-state index contributed by atoms with van der Waals surface area (Å²) in [6.07, 6.45) is -12.7. The largest absolute Gasteiger partial charge is 0.394 e. The Bertz CT molecular complexity index is 407. The molecule has 2 rings (SSSR count). The van der Waals surface area contributed by atoms with E-state index in [1.54, 1.807) is 0 Å². The third-order valence-electron chi connectivity index (χ3n) is 4.17. The molecule has 12 nitrogen and oxygen atoms in total. The van der Waals surface area contributed by atoms with E-state index in [1.807, 2.05) is 0 Å². The van der Waals surface area contributed by atoms with Gasteiger partial charge in [0.15, 0.2) is 12.4 Å². The van der Waals surface area contributed by atoms with Crippen molar-refractivity contribution < 1.29 is 60.1 Å². The monoisotopic (exact) mass is 358 g/mol. The molecule has 2 fully saturated rings. The van der Waals surface area contributed by atoms with Gasteiger partial charge in [0.05, 0.1) is 13.2 Å². The van der Waals surface area contributed by atoms with Crippen LogP contribution < -0.4 is 0 Å². The summed E-state index contributed by atoms with van der Waals surface area (Å²) in [5.41, 5.74) is 0. The zero-order valence-electron chi connectivity index (χ0n) is 12.5. The first-order valence-electron chi connectivity index (χ1n) is 7.21. The Kier molecular flexibility index (Phi) is 6.46. The Morgan fingerprint density at radius 1 is 0.875 bits per heavy atom. The summed E-state index contributed by atoms with van der Waals surface area (Å²) < 4.78 is 15.5. The predicted molar refractivity (Wildman–Crippen MR) is 70.1 cm³/mol. The van der Waals surface area contributed by atoms with Crippen LogP contribution in [0.2, 0.25) is 0 Å². The smallest absolute Gasteiger partial charge is 0.224 e. The maximum atomic E-state index is 10.2. The van der Waals surface area contributed by atoms with E-state index in [-0.39, 0.29) is 0 Å². The summed E-state index contributed by atoms with van der Waals surface area (Å²) >= 11 is 0. The van der Waals surface area contributed by atoms with E-state index in [4.69, 9.17) is 24.6 Å². The standard InChI is InChI=1S/C12H22O12/c13-1-4-6(16)7(17)8(18)11(21-4)23-12(3-15)10(19)9(24-20)5(2-14)22-12/h4-11,13-20H,1-3H2/t4-,5-,6-,7+,8-,9-,10+,11-,12+/m1/s1.